The molecule has 0 spiro atoms. The SMILES string of the molecule is COc1ccc(Cl)cc1C(=O)N1CCCC1C(=O)Nc1ccc(C)c([N+](=O)[O-])c1. The Hall–Kier alpha value is -3.13. The van der Waals surface area contributed by atoms with Crippen LogP contribution in [0.1, 0.15) is 28.8 Å². The third-order valence-electron chi connectivity index (χ3n) is 4.88. The summed E-state index contributed by atoms with van der Waals surface area (Å²) in [5.74, 6) is -0.369. The van der Waals surface area contributed by atoms with Crippen molar-refractivity contribution in [1.29, 1.82) is 0 Å². The van der Waals surface area contributed by atoms with Crippen LogP contribution in [0, 0.1) is 17.0 Å². The predicted octanol–water partition coefficient (Wildman–Crippen LogP) is 3.81. The Bertz CT molecular complexity index is 979. The lowest BCUT2D eigenvalue weighted by molar-refractivity contribution is -0.385. The molecule has 0 radical (unpaired) electrons. The van der Waals surface area contributed by atoms with Gasteiger partial charge in [-0.25, -0.2) is 0 Å². The van der Waals surface area contributed by atoms with Crippen molar-refractivity contribution in [2.45, 2.75) is 25.8 Å². The van der Waals surface area contributed by atoms with Crippen molar-refractivity contribution in [2.24, 2.45) is 0 Å². The smallest absolute Gasteiger partial charge is 0.274 e. The Morgan fingerprint density at radius 3 is 2.72 bits per heavy atom. The number of nitro benzene ring substituents is 1. The van der Waals surface area contributed by atoms with E-state index in [1.807, 2.05) is 0 Å². The monoisotopic (exact) mass is 417 g/mol. The number of aryl methyl sites for hydroxylation is 1. The Morgan fingerprint density at radius 1 is 1.28 bits per heavy atom. The molecule has 3 rings (SSSR count). The molecule has 0 aliphatic carbocycles. The number of benzene rings is 2. The zero-order valence-electron chi connectivity index (χ0n) is 16.0. The van der Waals surface area contributed by atoms with Gasteiger partial charge >= 0.3 is 0 Å². The highest BCUT2D eigenvalue weighted by atomic mass is 35.5. The third-order valence-corrected chi connectivity index (χ3v) is 5.12. The average Bonchev–Trinajstić information content (AvgIpc) is 3.18. The molecule has 8 nitrogen and oxygen atoms in total. The van der Waals surface area contributed by atoms with E-state index in [0.717, 1.165) is 0 Å². The van der Waals surface area contributed by atoms with Crippen molar-refractivity contribution in [2.75, 3.05) is 19.0 Å². The minimum absolute atomic E-state index is 0.0779. The van der Waals surface area contributed by atoms with Gasteiger partial charge in [0, 0.05) is 28.9 Å². The Balaban J connectivity index is 1.81. The number of amides is 2. The Morgan fingerprint density at radius 2 is 2.03 bits per heavy atom. The van der Waals surface area contributed by atoms with Crippen LogP contribution in [0.15, 0.2) is 36.4 Å². The number of nitro groups is 1. The number of rotatable bonds is 5. The van der Waals surface area contributed by atoms with Crippen molar-refractivity contribution in [1.82, 2.24) is 4.90 Å². The van der Waals surface area contributed by atoms with Gasteiger partial charge in [-0.2, -0.15) is 0 Å². The molecular weight excluding hydrogens is 398 g/mol. The van der Waals surface area contributed by atoms with Crippen LogP contribution in [0.5, 0.6) is 5.75 Å². The third kappa shape index (κ3) is 4.32. The first-order valence-electron chi connectivity index (χ1n) is 9.02. The van der Waals surface area contributed by atoms with E-state index in [2.05, 4.69) is 5.32 Å². The molecule has 1 unspecified atom stereocenters. The number of methoxy groups -OCH3 is 1. The van der Waals surface area contributed by atoms with Gasteiger partial charge in [0.2, 0.25) is 5.91 Å². The van der Waals surface area contributed by atoms with Crippen molar-refractivity contribution < 1.29 is 19.2 Å². The fourth-order valence-corrected chi connectivity index (χ4v) is 3.57. The van der Waals surface area contributed by atoms with E-state index in [9.17, 15) is 19.7 Å². The fourth-order valence-electron chi connectivity index (χ4n) is 3.39. The zero-order chi connectivity index (χ0) is 21.1. The second-order valence-electron chi connectivity index (χ2n) is 6.75. The normalized spacial score (nSPS) is 15.8. The predicted molar refractivity (Wildman–Crippen MR) is 109 cm³/mol. The van der Waals surface area contributed by atoms with E-state index in [1.54, 1.807) is 31.2 Å². The second kappa shape index (κ2) is 8.48. The van der Waals surface area contributed by atoms with Gasteiger partial charge in [-0.1, -0.05) is 17.7 Å². The standard InChI is InChI=1S/C20H20ClN3O5/c1-12-5-7-14(11-17(12)24(27)28)22-19(25)16-4-3-9-23(16)20(26)15-10-13(21)6-8-18(15)29-2/h5-8,10-11,16H,3-4,9H2,1-2H3,(H,22,25). The molecule has 1 saturated heterocycles. The molecule has 2 aromatic carbocycles. The number of likely N-dealkylation sites (tertiary alicyclic amines) is 1. The number of nitrogens with zero attached hydrogens (tertiary/aromatic N) is 2. The summed E-state index contributed by atoms with van der Waals surface area (Å²) in [7, 11) is 1.46. The van der Waals surface area contributed by atoms with E-state index in [4.69, 9.17) is 16.3 Å². The molecule has 29 heavy (non-hydrogen) atoms. The number of ether oxygens (including phenoxy) is 1. The lowest BCUT2D eigenvalue weighted by Crippen LogP contribution is -2.43. The van der Waals surface area contributed by atoms with Crippen LogP contribution < -0.4 is 10.1 Å². The summed E-state index contributed by atoms with van der Waals surface area (Å²) in [5, 5.41) is 14.2. The summed E-state index contributed by atoms with van der Waals surface area (Å²) in [5.41, 5.74) is 1.02. The summed E-state index contributed by atoms with van der Waals surface area (Å²) in [6.45, 7) is 2.04. The van der Waals surface area contributed by atoms with Crippen molar-refractivity contribution in [3.63, 3.8) is 0 Å². The van der Waals surface area contributed by atoms with Crippen LogP contribution in [-0.2, 0) is 4.79 Å². The fraction of sp³-hybridized carbons (Fsp3) is 0.300. The van der Waals surface area contributed by atoms with Gasteiger partial charge in [0.25, 0.3) is 11.6 Å². The van der Waals surface area contributed by atoms with Crippen molar-refractivity contribution in [3.8, 4) is 5.75 Å². The van der Waals surface area contributed by atoms with Crippen LogP contribution >= 0.6 is 11.6 Å². The summed E-state index contributed by atoms with van der Waals surface area (Å²) < 4.78 is 5.25. The highest BCUT2D eigenvalue weighted by Gasteiger charge is 2.35. The average molecular weight is 418 g/mol. The van der Waals surface area contributed by atoms with Gasteiger partial charge < -0.3 is 15.0 Å². The number of halogens is 1. The van der Waals surface area contributed by atoms with Gasteiger partial charge in [0.1, 0.15) is 11.8 Å². The molecular formula is C20H20ClN3O5. The quantitative estimate of drug-likeness (QED) is 0.588. The van der Waals surface area contributed by atoms with Crippen molar-refractivity contribution >= 4 is 34.8 Å². The minimum atomic E-state index is -0.688. The van der Waals surface area contributed by atoms with Gasteiger partial charge in [-0.15, -0.1) is 0 Å². The highest BCUT2D eigenvalue weighted by molar-refractivity contribution is 6.31. The molecule has 1 aliphatic heterocycles. The molecule has 1 aliphatic rings. The van der Waals surface area contributed by atoms with Gasteiger partial charge in [-0.05, 0) is 44.0 Å². The molecule has 2 amide bonds. The molecule has 9 heteroatoms. The number of hydrogen-bond acceptors (Lipinski definition) is 5. The van der Waals surface area contributed by atoms with E-state index < -0.39 is 16.9 Å². The maximum atomic E-state index is 13.1. The molecule has 152 valence electrons. The first-order valence-corrected chi connectivity index (χ1v) is 9.40. The van der Waals surface area contributed by atoms with Gasteiger partial charge in [0.15, 0.2) is 0 Å². The van der Waals surface area contributed by atoms with Crippen LogP contribution in [0.25, 0.3) is 0 Å². The maximum Gasteiger partial charge on any atom is 0.274 e. The van der Waals surface area contributed by atoms with E-state index in [0.29, 0.717) is 41.4 Å². The topological polar surface area (TPSA) is 102 Å². The number of hydrogen-bond donors (Lipinski definition) is 1. The largest absolute Gasteiger partial charge is 0.496 e. The van der Waals surface area contributed by atoms with Gasteiger partial charge in [-0.3, -0.25) is 19.7 Å². The molecule has 0 saturated carbocycles. The Kier molecular flexibility index (Phi) is 6.03. The molecule has 0 aromatic heterocycles. The lowest BCUT2D eigenvalue weighted by Gasteiger charge is -2.25. The molecule has 1 atom stereocenters. The zero-order valence-corrected chi connectivity index (χ0v) is 16.7. The molecule has 1 heterocycles. The first kappa shape index (κ1) is 20.6. The number of nitrogens with one attached hydrogen (secondary N) is 1. The summed E-state index contributed by atoms with van der Waals surface area (Å²) in [4.78, 5) is 38.0. The molecule has 0 bridgehead atoms. The van der Waals surface area contributed by atoms with E-state index in [-0.39, 0.29) is 17.2 Å². The molecule has 2 aromatic rings. The number of carbonyl (C=O) groups is 2. The number of carbonyl (C=O) groups excluding carboxylic acids is 2. The minimum Gasteiger partial charge on any atom is -0.496 e. The van der Waals surface area contributed by atoms with Crippen LogP contribution in [0.3, 0.4) is 0 Å². The van der Waals surface area contributed by atoms with Crippen molar-refractivity contribution in [3.05, 3.63) is 62.7 Å². The summed E-state index contributed by atoms with van der Waals surface area (Å²) in [6.07, 6.45) is 1.16. The maximum absolute atomic E-state index is 13.1. The summed E-state index contributed by atoms with van der Waals surface area (Å²) in [6, 6.07) is 8.53. The van der Waals surface area contributed by atoms with E-state index in [1.165, 1.54) is 24.1 Å². The number of anilines is 1. The second-order valence-corrected chi connectivity index (χ2v) is 7.19. The first-order chi connectivity index (χ1) is 13.8. The van der Waals surface area contributed by atoms with E-state index >= 15 is 0 Å². The Labute approximate surface area is 172 Å². The molecule has 1 N–H and O–H groups in total. The summed E-state index contributed by atoms with van der Waals surface area (Å²) >= 11 is 6.02. The lowest BCUT2D eigenvalue weighted by atomic mass is 10.1. The van der Waals surface area contributed by atoms with Crippen LogP contribution in [0.4, 0.5) is 11.4 Å². The highest BCUT2D eigenvalue weighted by Crippen LogP contribution is 2.29. The molecule has 1 fully saturated rings. The van der Waals surface area contributed by atoms with Gasteiger partial charge in [0.05, 0.1) is 17.6 Å². The van der Waals surface area contributed by atoms with Crippen LogP contribution in [0.2, 0.25) is 5.02 Å². The van der Waals surface area contributed by atoms with Crippen LogP contribution in [-0.4, -0.2) is 41.3 Å².